The van der Waals surface area contributed by atoms with Gasteiger partial charge in [-0.15, -0.1) is 0 Å². The molecule has 1 aromatic heterocycles. The molecule has 1 saturated carbocycles. The zero-order chi connectivity index (χ0) is 18.5. The van der Waals surface area contributed by atoms with Crippen LogP contribution < -0.4 is 5.32 Å². The highest BCUT2D eigenvalue weighted by Crippen LogP contribution is 2.47. The van der Waals surface area contributed by atoms with Crippen molar-refractivity contribution in [1.29, 1.82) is 0 Å². The predicted octanol–water partition coefficient (Wildman–Crippen LogP) is 4.74. The summed E-state index contributed by atoms with van der Waals surface area (Å²) in [5, 5.41) is 5.00. The smallest absolute Gasteiger partial charge is 0.324 e. The van der Waals surface area contributed by atoms with Crippen LogP contribution in [0.2, 0.25) is 0 Å². The average molecular weight is 354 g/mol. The van der Waals surface area contributed by atoms with Gasteiger partial charge in [-0.25, -0.2) is 0 Å². The van der Waals surface area contributed by atoms with Crippen molar-refractivity contribution in [3.63, 3.8) is 0 Å². The van der Waals surface area contributed by atoms with Gasteiger partial charge in [0.25, 0.3) is 0 Å². The van der Waals surface area contributed by atoms with E-state index in [0.29, 0.717) is 0 Å². The molecule has 2 aliphatic rings. The standard InChI is InChI=1S/C22H30N2O2/c1-14-17-15-10-6-7-11-16(15)23-19(17)22(12-8-5-9-13-22)24-18(14)20(25)26-21(2,3)4/h6-7,10-11,14,18,23-24H,5,8-9,12-13H2,1-4H3/t14-,18-/m0/s1. The van der Waals surface area contributed by atoms with E-state index in [0.717, 1.165) is 12.8 Å². The molecule has 1 spiro atoms. The van der Waals surface area contributed by atoms with Crippen molar-refractivity contribution in [1.82, 2.24) is 10.3 Å². The van der Waals surface area contributed by atoms with E-state index in [-0.39, 0.29) is 23.5 Å². The molecule has 2 aromatic rings. The average Bonchev–Trinajstić information content (AvgIpc) is 2.98. The fraction of sp³-hybridized carbons (Fsp3) is 0.591. The van der Waals surface area contributed by atoms with Crippen LogP contribution in [-0.2, 0) is 15.1 Å². The number of benzene rings is 1. The zero-order valence-electron chi connectivity index (χ0n) is 16.3. The normalized spacial score (nSPS) is 25.2. The van der Waals surface area contributed by atoms with Crippen LogP contribution in [0.4, 0.5) is 0 Å². The highest BCUT2D eigenvalue weighted by Gasteiger charge is 2.48. The molecule has 140 valence electrons. The first kappa shape index (κ1) is 17.6. The van der Waals surface area contributed by atoms with Gasteiger partial charge in [0.15, 0.2) is 0 Å². The molecular weight excluding hydrogens is 324 g/mol. The summed E-state index contributed by atoms with van der Waals surface area (Å²) in [5.41, 5.74) is 3.16. The molecule has 1 aliphatic carbocycles. The van der Waals surface area contributed by atoms with Crippen LogP contribution in [0.3, 0.4) is 0 Å². The van der Waals surface area contributed by atoms with E-state index in [1.54, 1.807) is 0 Å². The lowest BCUT2D eigenvalue weighted by Gasteiger charge is -2.46. The molecule has 0 radical (unpaired) electrons. The van der Waals surface area contributed by atoms with Crippen molar-refractivity contribution in [2.24, 2.45) is 0 Å². The lowest BCUT2D eigenvalue weighted by Crippen LogP contribution is -2.58. The second-order valence-corrected chi connectivity index (χ2v) is 9.05. The first-order chi connectivity index (χ1) is 12.3. The zero-order valence-corrected chi connectivity index (χ0v) is 16.3. The SMILES string of the molecule is C[C@H]1c2c([nH]c3ccccc23)C2(CCCCC2)N[C@@H]1C(=O)OC(C)(C)C. The molecule has 2 N–H and O–H groups in total. The molecule has 1 aliphatic heterocycles. The second kappa shape index (κ2) is 6.12. The van der Waals surface area contributed by atoms with Crippen LogP contribution in [0.25, 0.3) is 10.9 Å². The number of ether oxygens (including phenoxy) is 1. The molecule has 1 fully saturated rings. The fourth-order valence-corrected chi connectivity index (χ4v) is 4.85. The number of carbonyl (C=O) groups is 1. The number of fused-ring (bicyclic) bond motifs is 4. The number of aromatic nitrogens is 1. The van der Waals surface area contributed by atoms with Gasteiger partial charge >= 0.3 is 5.97 Å². The number of H-pyrrole nitrogens is 1. The molecule has 1 aromatic carbocycles. The van der Waals surface area contributed by atoms with E-state index >= 15 is 0 Å². The highest BCUT2D eigenvalue weighted by atomic mass is 16.6. The largest absolute Gasteiger partial charge is 0.459 e. The summed E-state index contributed by atoms with van der Waals surface area (Å²) in [6, 6.07) is 8.16. The summed E-state index contributed by atoms with van der Waals surface area (Å²) >= 11 is 0. The minimum absolute atomic E-state index is 0.0727. The van der Waals surface area contributed by atoms with Crippen molar-refractivity contribution in [3.05, 3.63) is 35.5 Å². The molecule has 2 atom stereocenters. The van der Waals surface area contributed by atoms with Gasteiger partial charge in [0.1, 0.15) is 11.6 Å². The first-order valence-corrected chi connectivity index (χ1v) is 9.92. The quantitative estimate of drug-likeness (QED) is 0.727. The van der Waals surface area contributed by atoms with Crippen molar-refractivity contribution in [2.45, 2.75) is 82.9 Å². The molecule has 0 saturated heterocycles. The van der Waals surface area contributed by atoms with Gasteiger partial charge in [-0.1, -0.05) is 44.4 Å². The Morgan fingerprint density at radius 2 is 1.85 bits per heavy atom. The van der Waals surface area contributed by atoms with Crippen LogP contribution in [-0.4, -0.2) is 22.6 Å². The Hall–Kier alpha value is -1.81. The Balaban J connectivity index is 1.83. The number of esters is 1. The lowest BCUT2D eigenvalue weighted by atomic mass is 9.71. The summed E-state index contributed by atoms with van der Waals surface area (Å²) < 4.78 is 5.77. The van der Waals surface area contributed by atoms with Gasteiger partial charge in [0.05, 0.1) is 5.54 Å². The molecule has 4 rings (SSSR count). The Morgan fingerprint density at radius 3 is 2.54 bits per heavy atom. The lowest BCUT2D eigenvalue weighted by molar-refractivity contribution is -0.159. The third-order valence-corrected chi connectivity index (χ3v) is 5.98. The van der Waals surface area contributed by atoms with Gasteiger partial charge < -0.3 is 9.72 Å². The number of hydrogen-bond acceptors (Lipinski definition) is 3. The molecular formula is C22H30N2O2. The molecule has 0 unspecified atom stereocenters. The summed E-state index contributed by atoms with van der Waals surface area (Å²) in [6.45, 7) is 7.96. The summed E-state index contributed by atoms with van der Waals surface area (Å²) in [5.74, 6) is -0.0607. The highest BCUT2D eigenvalue weighted by molar-refractivity contribution is 5.88. The van der Waals surface area contributed by atoms with Crippen molar-refractivity contribution in [3.8, 4) is 0 Å². The van der Waals surface area contributed by atoms with E-state index in [1.807, 2.05) is 20.8 Å². The maximum absolute atomic E-state index is 13.0. The van der Waals surface area contributed by atoms with Crippen molar-refractivity contribution >= 4 is 16.9 Å². The van der Waals surface area contributed by atoms with E-state index in [4.69, 9.17) is 4.74 Å². The molecule has 4 heteroatoms. The predicted molar refractivity (Wildman–Crippen MR) is 104 cm³/mol. The third kappa shape index (κ3) is 2.84. The van der Waals surface area contributed by atoms with Gasteiger partial charge in [-0.2, -0.15) is 0 Å². The van der Waals surface area contributed by atoms with Gasteiger partial charge in [0.2, 0.25) is 0 Å². The van der Waals surface area contributed by atoms with Crippen LogP contribution in [0.1, 0.15) is 77.0 Å². The maximum Gasteiger partial charge on any atom is 0.324 e. The van der Waals surface area contributed by atoms with Crippen molar-refractivity contribution in [2.75, 3.05) is 0 Å². The molecule has 2 heterocycles. The maximum atomic E-state index is 13.0. The van der Waals surface area contributed by atoms with Crippen LogP contribution in [0.15, 0.2) is 24.3 Å². The van der Waals surface area contributed by atoms with Gasteiger partial charge in [0, 0.05) is 22.5 Å². The third-order valence-electron chi connectivity index (χ3n) is 5.98. The van der Waals surface area contributed by atoms with E-state index in [1.165, 1.54) is 41.4 Å². The Bertz CT molecular complexity index is 824. The van der Waals surface area contributed by atoms with Gasteiger partial charge in [-0.05, 0) is 45.2 Å². The van der Waals surface area contributed by atoms with Gasteiger partial charge in [-0.3, -0.25) is 10.1 Å². The van der Waals surface area contributed by atoms with Crippen molar-refractivity contribution < 1.29 is 9.53 Å². The number of carbonyl (C=O) groups excluding carboxylic acids is 1. The summed E-state index contributed by atoms with van der Waals surface area (Å²) in [6.07, 6.45) is 5.79. The molecule has 0 bridgehead atoms. The number of aromatic amines is 1. The Labute approximate surface area is 155 Å². The minimum atomic E-state index is -0.474. The summed E-state index contributed by atoms with van der Waals surface area (Å²) in [4.78, 5) is 16.7. The topological polar surface area (TPSA) is 54.1 Å². The fourth-order valence-electron chi connectivity index (χ4n) is 4.85. The molecule has 4 nitrogen and oxygen atoms in total. The van der Waals surface area contributed by atoms with Crippen LogP contribution in [0.5, 0.6) is 0 Å². The summed E-state index contributed by atoms with van der Waals surface area (Å²) in [7, 11) is 0. The number of rotatable bonds is 1. The number of hydrogen-bond donors (Lipinski definition) is 2. The minimum Gasteiger partial charge on any atom is -0.459 e. The Kier molecular flexibility index (Phi) is 4.14. The second-order valence-electron chi connectivity index (χ2n) is 9.05. The first-order valence-electron chi connectivity index (χ1n) is 9.92. The van der Waals surface area contributed by atoms with Crippen LogP contribution in [0, 0.1) is 0 Å². The number of para-hydroxylation sites is 1. The van der Waals surface area contributed by atoms with E-state index in [2.05, 4.69) is 41.5 Å². The molecule has 0 amide bonds. The monoisotopic (exact) mass is 354 g/mol. The molecule has 26 heavy (non-hydrogen) atoms. The number of nitrogens with one attached hydrogen (secondary N) is 2. The Morgan fingerprint density at radius 1 is 1.15 bits per heavy atom. The van der Waals surface area contributed by atoms with E-state index < -0.39 is 5.60 Å². The van der Waals surface area contributed by atoms with Crippen LogP contribution >= 0.6 is 0 Å². The van der Waals surface area contributed by atoms with E-state index in [9.17, 15) is 4.79 Å².